The van der Waals surface area contributed by atoms with E-state index >= 15 is 0 Å². The summed E-state index contributed by atoms with van der Waals surface area (Å²) in [5, 5.41) is 2.88. The monoisotopic (exact) mass is 329 g/mol. The molecule has 2 saturated carbocycles. The Morgan fingerprint density at radius 3 is 2.54 bits per heavy atom. The molecule has 0 spiro atoms. The fourth-order valence-electron chi connectivity index (χ4n) is 5.29. The van der Waals surface area contributed by atoms with Crippen LogP contribution in [0.2, 0.25) is 0 Å². The molecule has 1 saturated heterocycles. The SMILES string of the molecule is O=C(Nc1ccccc1)O[C@@H]1[C@H]2CC[C@@H]1[C@H]([NH+]1CCCCC1)CC2. The first-order chi connectivity index (χ1) is 11.8. The lowest BCUT2D eigenvalue weighted by atomic mass is 9.81. The molecule has 2 N–H and O–H groups in total. The average molecular weight is 329 g/mol. The molecule has 0 unspecified atom stereocenters. The van der Waals surface area contributed by atoms with Crippen molar-refractivity contribution in [2.75, 3.05) is 18.4 Å². The van der Waals surface area contributed by atoms with Gasteiger partial charge in [-0.2, -0.15) is 0 Å². The van der Waals surface area contributed by atoms with Gasteiger partial charge in [0.25, 0.3) is 0 Å². The van der Waals surface area contributed by atoms with Gasteiger partial charge in [0.2, 0.25) is 0 Å². The van der Waals surface area contributed by atoms with Gasteiger partial charge in [0.1, 0.15) is 6.10 Å². The lowest BCUT2D eigenvalue weighted by Crippen LogP contribution is -3.17. The summed E-state index contributed by atoms with van der Waals surface area (Å²) >= 11 is 0. The highest BCUT2D eigenvalue weighted by Crippen LogP contribution is 2.43. The highest BCUT2D eigenvalue weighted by atomic mass is 16.6. The number of benzene rings is 1. The number of carbonyl (C=O) groups is 1. The standard InChI is InChI=1S/C20H28N2O2/c23-20(21-16-7-3-1-4-8-16)24-19-15-9-11-17(19)18(12-10-15)22-13-5-2-6-14-22/h1,3-4,7-8,15,17-19H,2,5-6,9-14H2,(H,21,23)/p+1/t15-,17+,18+,19+/m0/s1. The van der Waals surface area contributed by atoms with Gasteiger partial charge in [-0.1, -0.05) is 18.2 Å². The molecule has 0 aromatic heterocycles. The van der Waals surface area contributed by atoms with Gasteiger partial charge < -0.3 is 9.64 Å². The van der Waals surface area contributed by atoms with E-state index in [0.717, 1.165) is 5.69 Å². The van der Waals surface area contributed by atoms with Crippen LogP contribution >= 0.6 is 0 Å². The molecule has 2 bridgehead atoms. The molecule has 3 aliphatic rings. The minimum absolute atomic E-state index is 0.127. The third-order valence-corrected chi connectivity index (χ3v) is 6.41. The molecular formula is C20H29N2O2+. The largest absolute Gasteiger partial charge is 0.445 e. The first-order valence-corrected chi connectivity index (χ1v) is 9.68. The molecule has 0 radical (unpaired) electrons. The highest BCUT2D eigenvalue weighted by Gasteiger charge is 2.50. The summed E-state index contributed by atoms with van der Waals surface area (Å²) in [6.45, 7) is 2.63. The maximum Gasteiger partial charge on any atom is 0.411 e. The predicted octanol–water partition coefficient (Wildman–Crippen LogP) is 2.86. The Kier molecular flexibility index (Phi) is 4.74. The van der Waals surface area contributed by atoms with Gasteiger partial charge in [0.15, 0.2) is 0 Å². The normalized spacial score (nSPS) is 33.2. The molecule has 1 aliphatic heterocycles. The summed E-state index contributed by atoms with van der Waals surface area (Å²) in [6, 6.07) is 10.3. The lowest BCUT2D eigenvalue weighted by Gasteiger charge is -2.41. The van der Waals surface area contributed by atoms with E-state index in [9.17, 15) is 4.79 Å². The molecule has 4 nitrogen and oxygen atoms in total. The number of quaternary nitrogens is 1. The van der Waals surface area contributed by atoms with Crippen molar-refractivity contribution >= 4 is 11.8 Å². The van der Waals surface area contributed by atoms with Crippen LogP contribution in [0.4, 0.5) is 10.5 Å². The second kappa shape index (κ2) is 7.14. The first kappa shape index (κ1) is 15.9. The zero-order valence-corrected chi connectivity index (χ0v) is 14.4. The molecule has 4 rings (SSSR count). The molecule has 2 aliphatic carbocycles. The van der Waals surface area contributed by atoms with E-state index in [1.807, 2.05) is 30.3 Å². The smallest absolute Gasteiger partial charge is 0.411 e. The zero-order valence-electron chi connectivity index (χ0n) is 14.4. The Labute approximate surface area is 144 Å². The van der Waals surface area contributed by atoms with Crippen LogP contribution in [0.15, 0.2) is 30.3 Å². The van der Waals surface area contributed by atoms with Crippen molar-refractivity contribution in [2.45, 2.75) is 57.1 Å². The number of piperidine rings is 1. The van der Waals surface area contributed by atoms with Gasteiger partial charge in [-0.05, 0) is 56.6 Å². The number of ether oxygens (including phenoxy) is 1. The summed E-state index contributed by atoms with van der Waals surface area (Å²) in [5.74, 6) is 1.15. The van der Waals surface area contributed by atoms with Crippen LogP contribution in [-0.4, -0.2) is 31.3 Å². The van der Waals surface area contributed by atoms with E-state index in [4.69, 9.17) is 4.74 Å². The lowest BCUT2D eigenvalue weighted by molar-refractivity contribution is -0.935. The maximum atomic E-state index is 12.3. The van der Waals surface area contributed by atoms with Gasteiger partial charge >= 0.3 is 6.09 Å². The van der Waals surface area contributed by atoms with Gasteiger partial charge in [0, 0.05) is 18.0 Å². The van der Waals surface area contributed by atoms with E-state index in [2.05, 4.69) is 5.32 Å². The molecule has 1 amide bonds. The Bertz CT molecular complexity index is 556. The third-order valence-electron chi connectivity index (χ3n) is 6.41. The van der Waals surface area contributed by atoms with Gasteiger partial charge in [0.05, 0.1) is 19.1 Å². The van der Waals surface area contributed by atoms with E-state index < -0.39 is 0 Å². The predicted molar refractivity (Wildman–Crippen MR) is 94.1 cm³/mol. The number of hydrogen-bond donors (Lipinski definition) is 2. The number of nitrogens with one attached hydrogen (secondary N) is 2. The van der Waals surface area contributed by atoms with Gasteiger partial charge in [-0.25, -0.2) is 4.79 Å². The maximum absolute atomic E-state index is 12.3. The average Bonchev–Trinajstić information content (AvgIpc) is 2.87. The molecule has 4 atom stereocenters. The Balaban J connectivity index is 1.40. The molecule has 24 heavy (non-hydrogen) atoms. The summed E-state index contributed by atoms with van der Waals surface area (Å²) in [7, 11) is 0. The van der Waals surface area contributed by atoms with Crippen LogP contribution in [-0.2, 0) is 4.74 Å². The topological polar surface area (TPSA) is 42.8 Å². The molecular weight excluding hydrogens is 300 g/mol. The number of carbonyl (C=O) groups excluding carboxylic acids is 1. The van der Waals surface area contributed by atoms with Crippen molar-refractivity contribution in [1.82, 2.24) is 0 Å². The fourth-order valence-corrected chi connectivity index (χ4v) is 5.29. The molecule has 130 valence electrons. The first-order valence-electron chi connectivity index (χ1n) is 9.68. The van der Waals surface area contributed by atoms with E-state index in [-0.39, 0.29) is 12.2 Å². The van der Waals surface area contributed by atoms with E-state index in [0.29, 0.717) is 17.9 Å². The molecule has 1 aromatic carbocycles. The van der Waals surface area contributed by atoms with Crippen LogP contribution < -0.4 is 10.2 Å². The van der Waals surface area contributed by atoms with Crippen LogP contribution in [0, 0.1) is 11.8 Å². The highest BCUT2D eigenvalue weighted by molar-refractivity contribution is 5.84. The van der Waals surface area contributed by atoms with Crippen molar-refractivity contribution in [3.05, 3.63) is 30.3 Å². The van der Waals surface area contributed by atoms with Crippen molar-refractivity contribution in [2.24, 2.45) is 11.8 Å². The summed E-state index contributed by atoms with van der Waals surface area (Å²) in [4.78, 5) is 14.1. The number of para-hydroxylation sites is 1. The molecule has 1 heterocycles. The minimum Gasteiger partial charge on any atom is -0.445 e. The molecule has 4 heteroatoms. The summed E-state index contributed by atoms with van der Waals surface area (Å²) < 4.78 is 5.94. The number of hydrogen-bond acceptors (Lipinski definition) is 2. The Morgan fingerprint density at radius 2 is 1.75 bits per heavy atom. The van der Waals surface area contributed by atoms with Crippen LogP contribution in [0.25, 0.3) is 0 Å². The second-order valence-corrected chi connectivity index (χ2v) is 7.76. The van der Waals surface area contributed by atoms with E-state index in [1.165, 1.54) is 58.0 Å². The fraction of sp³-hybridized carbons (Fsp3) is 0.650. The third kappa shape index (κ3) is 3.30. The number of rotatable bonds is 3. The zero-order chi connectivity index (χ0) is 16.4. The van der Waals surface area contributed by atoms with Gasteiger partial charge in [-0.15, -0.1) is 0 Å². The van der Waals surface area contributed by atoms with Crippen molar-refractivity contribution < 1.29 is 14.4 Å². The number of anilines is 1. The van der Waals surface area contributed by atoms with Crippen molar-refractivity contribution in [3.8, 4) is 0 Å². The second-order valence-electron chi connectivity index (χ2n) is 7.76. The number of fused-ring (bicyclic) bond motifs is 2. The van der Waals surface area contributed by atoms with E-state index in [1.54, 1.807) is 4.90 Å². The Morgan fingerprint density at radius 1 is 1.00 bits per heavy atom. The number of likely N-dealkylation sites (tertiary alicyclic amines) is 1. The van der Waals surface area contributed by atoms with Crippen LogP contribution in [0.3, 0.4) is 0 Å². The quantitative estimate of drug-likeness (QED) is 0.895. The summed E-state index contributed by atoms with van der Waals surface area (Å²) in [6.07, 6.45) is 8.99. The number of amides is 1. The van der Waals surface area contributed by atoms with Gasteiger partial charge in [-0.3, -0.25) is 5.32 Å². The summed E-state index contributed by atoms with van der Waals surface area (Å²) in [5.41, 5.74) is 0.809. The van der Waals surface area contributed by atoms with Crippen LogP contribution in [0.5, 0.6) is 0 Å². The minimum atomic E-state index is -0.280. The Hall–Kier alpha value is -1.55. The molecule has 1 aromatic rings. The van der Waals surface area contributed by atoms with Crippen molar-refractivity contribution in [3.63, 3.8) is 0 Å². The molecule has 3 fully saturated rings. The van der Waals surface area contributed by atoms with Crippen molar-refractivity contribution in [1.29, 1.82) is 0 Å². The van der Waals surface area contributed by atoms with Crippen LogP contribution in [0.1, 0.15) is 44.9 Å².